The number of nitrogens with two attached hydrogens (primary N) is 2. The van der Waals surface area contributed by atoms with Crippen LogP contribution in [0.25, 0.3) is 0 Å². The molecule has 0 saturated carbocycles. The molecule has 5 N–H and O–H groups in total. The minimum absolute atomic E-state index is 0.124. The molecule has 0 aromatic heterocycles. The highest BCUT2D eigenvalue weighted by molar-refractivity contribution is 7.86. The molecule has 0 aromatic rings. The van der Waals surface area contributed by atoms with E-state index in [1.54, 1.807) is 0 Å². The SMILES string of the molecule is NOS(=O)(=O)CNC(N)=S. The summed E-state index contributed by atoms with van der Waals surface area (Å²) >= 11 is 4.32. The Hall–Kier alpha value is -0.440. The van der Waals surface area contributed by atoms with Gasteiger partial charge >= 0.3 is 10.1 Å². The second kappa shape index (κ2) is 3.66. The van der Waals surface area contributed by atoms with Gasteiger partial charge in [0.2, 0.25) is 0 Å². The molecule has 0 bridgehead atoms. The minimum atomic E-state index is -3.72. The highest BCUT2D eigenvalue weighted by Crippen LogP contribution is 1.82. The summed E-state index contributed by atoms with van der Waals surface area (Å²) in [5, 5.41) is 2.03. The fourth-order valence-corrected chi connectivity index (χ4v) is 0.757. The summed E-state index contributed by atoms with van der Waals surface area (Å²) in [5.41, 5.74) is 4.91. The van der Waals surface area contributed by atoms with Gasteiger partial charge in [0.1, 0.15) is 5.88 Å². The van der Waals surface area contributed by atoms with Crippen molar-refractivity contribution in [2.75, 3.05) is 5.88 Å². The zero-order chi connectivity index (χ0) is 8.20. The van der Waals surface area contributed by atoms with Crippen LogP contribution in [-0.2, 0) is 14.4 Å². The van der Waals surface area contributed by atoms with Gasteiger partial charge in [-0.2, -0.15) is 18.6 Å². The standard InChI is InChI=1S/C2H7N3O3S2/c3-2(9)5-1-10(6,7)8-4/h1,4H2,(H3,3,5,9). The molecule has 6 nitrogen and oxygen atoms in total. The van der Waals surface area contributed by atoms with Gasteiger partial charge in [0, 0.05) is 0 Å². The maximum Gasteiger partial charge on any atom is 0.301 e. The topological polar surface area (TPSA) is 107 Å². The summed E-state index contributed by atoms with van der Waals surface area (Å²) in [6, 6.07) is 0. The molecule has 60 valence electrons. The van der Waals surface area contributed by atoms with Crippen LogP contribution >= 0.6 is 12.2 Å². The molecule has 0 atom stereocenters. The molecule has 0 aromatic carbocycles. The van der Waals surface area contributed by atoms with Gasteiger partial charge in [0.25, 0.3) is 0 Å². The molecular weight excluding hydrogens is 178 g/mol. The summed E-state index contributed by atoms with van der Waals surface area (Å²) in [5.74, 6) is 3.87. The Kier molecular flexibility index (Phi) is 3.50. The van der Waals surface area contributed by atoms with E-state index < -0.39 is 16.0 Å². The predicted octanol–water partition coefficient (Wildman–Crippen LogP) is -2.00. The van der Waals surface area contributed by atoms with Gasteiger partial charge in [-0.15, -0.1) is 0 Å². The molecule has 0 rings (SSSR count). The molecule has 0 saturated heterocycles. The fourth-order valence-electron chi connectivity index (χ4n) is 0.194. The average Bonchev–Trinajstić information content (AvgIpc) is 1.85. The first-order valence-electron chi connectivity index (χ1n) is 2.12. The summed E-state index contributed by atoms with van der Waals surface area (Å²) in [6.07, 6.45) is 0. The average molecular weight is 185 g/mol. The molecule has 0 unspecified atom stereocenters. The zero-order valence-corrected chi connectivity index (χ0v) is 6.54. The van der Waals surface area contributed by atoms with E-state index in [0.29, 0.717) is 0 Å². The van der Waals surface area contributed by atoms with E-state index in [-0.39, 0.29) is 5.11 Å². The lowest BCUT2D eigenvalue weighted by Crippen LogP contribution is -2.35. The van der Waals surface area contributed by atoms with Crippen LogP contribution in [0, 0.1) is 0 Å². The maximum atomic E-state index is 10.4. The Balaban J connectivity index is 3.81. The third-order valence-electron chi connectivity index (χ3n) is 0.570. The molecule has 0 heterocycles. The van der Waals surface area contributed by atoms with Crippen LogP contribution in [0.2, 0.25) is 0 Å². The third kappa shape index (κ3) is 4.44. The van der Waals surface area contributed by atoms with Crippen molar-refractivity contribution in [2.24, 2.45) is 11.6 Å². The lowest BCUT2D eigenvalue weighted by Gasteiger charge is -2.01. The maximum absolute atomic E-state index is 10.4. The number of rotatable bonds is 3. The van der Waals surface area contributed by atoms with E-state index in [9.17, 15) is 8.42 Å². The van der Waals surface area contributed by atoms with Gasteiger partial charge in [-0.25, -0.2) is 0 Å². The number of thiocarbonyl (C=S) groups is 1. The van der Waals surface area contributed by atoms with Crippen molar-refractivity contribution in [3.05, 3.63) is 0 Å². The quantitative estimate of drug-likeness (QED) is 0.344. The zero-order valence-electron chi connectivity index (χ0n) is 4.90. The molecule has 0 aliphatic rings. The normalized spacial score (nSPS) is 10.9. The monoisotopic (exact) mass is 185 g/mol. The Morgan fingerprint density at radius 1 is 1.70 bits per heavy atom. The number of hydrogen-bond acceptors (Lipinski definition) is 5. The summed E-state index contributed by atoms with van der Waals surface area (Å²) in [6.45, 7) is 0. The molecule has 0 aliphatic carbocycles. The van der Waals surface area contributed by atoms with Crippen LogP contribution in [0.3, 0.4) is 0 Å². The van der Waals surface area contributed by atoms with E-state index >= 15 is 0 Å². The van der Waals surface area contributed by atoms with Gasteiger partial charge in [-0.1, -0.05) is 0 Å². The molecule has 0 amide bonds. The second-order valence-electron chi connectivity index (χ2n) is 1.34. The lowest BCUT2D eigenvalue weighted by atomic mass is 11.1. The van der Waals surface area contributed by atoms with E-state index in [1.807, 2.05) is 0 Å². The van der Waals surface area contributed by atoms with Gasteiger partial charge in [0.15, 0.2) is 5.11 Å². The predicted molar refractivity (Wildman–Crippen MR) is 39.0 cm³/mol. The summed E-state index contributed by atoms with van der Waals surface area (Å²) < 4.78 is 24.3. The first-order valence-corrected chi connectivity index (χ1v) is 4.11. The highest BCUT2D eigenvalue weighted by atomic mass is 32.2. The van der Waals surface area contributed by atoms with Crippen molar-refractivity contribution in [3.63, 3.8) is 0 Å². The number of nitrogens with one attached hydrogen (secondary N) is 1. The van der Waals surface area contributed by atoms with Crippen LogP contribution < -0.4 is 16.9 Å². The second-order valence-corrected chi connectivity index (χ2v) is 3.38. The summed E-state index contributed by atoms with van der Waals surface area (Å²) in [4.78, 5) is 0. The molecule has 8 heteroatoms. The van der Waals surface area contributed by atoms with Crippen LogP contribution in [0.15, 0.2) is 0 Å². The Labute approximate surface area is 63.6 Å². The van der Waals surface area contributed by atoms with E-state index in [1.165, 1.54) is 0 Å². The molecular formula is C2H7N3O3S2. The highest BCUT2D eigenvalue weighted by Gasteiger charge is 2.07. The van der Waals surface area contributed by atoms with Crippen LogP contribution in [-0.4, -0.2) is 19.4 Å². The molecule has 0 radical (unpaired) electrons. The van der Waals surface area contributed by atoms with Crippen molar-refractivity contribution >= 4 is 27.4 Å². The Bertz CT molecular complexity index is 210. The first kappa shape index (κ1) is 9.56. The van der Waals surface area contributed by atoms with Gasteiger partial charge in [0.05, 0.1) is 0 Å². The van der Waals surface area contributed by atoms with Crippen molar-refractivity contribution in [1.29, 1.82) is 0 Å². The van der Waals surface area contributed by atoms with Gasteiger partial charge in [-0.3, -0.25) is 0 Å². The van der Waals surface area contributed by atoms with Crippen LogP contribution in [0.1, 0.15) is 0 Å². The van der Waals surface area contributed by atoms with Gasteiger partial charge < -0.3 is 11.1 Å². The molecule has 0 aliphatic heterocycles. The lowest BCUT2D eigenvalue weighted by molar-refractivity contribution is 0.332. The van der Waals surface area contributed by atoms with Crippen molar-refractivity contribution in [2.45, 2.75) is 0 Å². The van der Waals surface area contributed by atoms with Crippen molar-refractivity contribution < 1.29 is 12.7 Å². The van der Waals surface area contributed by atoms with Crippen LogP contribution in [0.4, 0.5) is 0 Å². The third-order valence-corrected chi connectivity index (χ3v) is 1.51. The van der Waals surface area contributed by atoms with Crippen LogP contribution in [0.5, 0.6) is 0 Å². The van der Waals surface area contributed by atoms with Gasteiger partial charge in [-0.05, 0) is 12.2 Å². The molecule has 10 heavy (non-hydrogen) atoms. The fraction of sp³-hybridized carbons (Fsp3) is 0.500. The van der Waals surface area contributed by atoms with E-state index in [0.717, 1.165) is 0 Å². The largest absolute Gasteiger partial charge is 0.376 e. The van der Waals surface area contributed by atoms with E-state index in [4.69, 9.17) is 5.73 Å². The van der Waals surface area contributed by atoms with Crippen molar-refractivity contribution in [1.82, 2.24) is 5.32 Å². The molecule has 0 fully saturated rings. The molecule has 0 spiro atoms. The Morgan fingerprint density at radius 3 is 2.50 bits per heavy atom. The smallest absolute Gasteiger partial charge is 0.301 e. The number of hydrogen-bond donors (Lipinski definition) is 3. The first-order chi connectivity index (χ1) is 4.48. The van der Waals surface area contributed by atoms with E-state index in [2.05, 4.69) is 27.7 Å². The van der Waals surface area contributed by atoms with Crippen molar-refractivity contribution in [3.8, 4) is 0 Å². The Morgan fingerprint density at radius 2 is 2.20 bits per heavy atom. The summed E-state index contributed by atoms with van der Waals surface area (Å²) in [7, 11) is -3.72. The minimum Gasteiger partial charge on any atom is -0.376 e.